The number of ketones is 1. The standard InChI is InChI=1S/C32H37ClN2O5S.C5H8N2.CH3I.CH4.FIS2/c1-20-5-3-7-29(36)26-11-8-24(26)17-35-18-32(14-4-6-22-15-25(33)10-12-27(22)32)19-40-30-13-9-23(16-28(30)35)31(37)34-41(38,39)21(20)2;1-5(6-2)3-7-4-5;1-2;;1-4(2)3/h3,7,9-10,12-13,15-16,20-21,24,26H,4-6,8,11,14,17-19H2,1-2H3,(H,34,37);7H,3-4H2,1H3;1H3;1H4;/b7-3+;;;;/t20-,21+,24-,26+,32-;;;;/m0..../s1. The highest BCUT2D eigenvalue weighted by atomic mass is 127. The van der Waals surface area contributed by atoms with Gasteiger partial charge in [-0.05, 0) is 121 Å². The lowest BCUT2D eigenvalue weighted by atomic mass is 9.68. The van der Waals surface area contributed by atoms with Crippen molar-refractivity contribution in [3.8, 4) is 5.75 Å². The lowest BCUT2D eigenvalue weighted by Crippen LogP contribution is -2.54. The van der Waals surface area contributed by atoms with E-state index in [-0.39, 0.29) is 47.5 Å². The molecule has 0 aromatic heterocycles. The molecule has 2 bridgehead atoms. The Hall–Kier alpha value is -1.43. The highest BCUT2D eigenvalue weighted by molar-refractivity contribution is 14.2. The van der Waals surface area contributed by atoms with E-state index >= 15 is 0 Å². The molecule has 1 saturated heterocycles. The third-order valence-corrected chi connectivity index (χ3v) is 13.3. The summed E-state index contributed by atoms with van der Waals surface area (Å²) in [6, 6.07) is 11.3. The Balaban J connectivity index is 0.000000500. The maximum Gasteiger partial charge on any atom is 0.264 e. The molecule has 3 aliphatic heterocycles. The molecule has 2 aromatic rings. The predicted octanol–water partition coefficient (Wildman–Crippen LogP) is 8.71. The third kappa shape index (κ3) is 12.1. The number of benzene rings is 2. The fourth-order valence-corrected chi connectivity index (χ4v) is 9.05. The Kier molecular flexibility index (Phi) is 18.3. The number of anilines is 1. The van der Waals surface area contributed by atoms with Crippen LogP contribution in [0.1, 0.15) is 81.8 Å². The molecule has 2 aromatic carbocycles. The molecule has 2 N–H and O–H groups in total. The SMILES string of the molecule is C.CI.C[C@@H]1[C@@H](C)C/C=C/C(=O)[C@@H]2CC[C@H]2CN2C[C@@]3(CCCc4cc(Cl)ccc43)COc3ccc(cc32)C(=O)NS1(=O)=O.FS(=S)I.[C-]#[N+]C1(C)CNC1. The van der Waals surface area contributed by atoms with E-state index in [1.807, 2.05) is 24.8 Å². The van der Waals surface area contributed by atoms with Gasteiger partial charge in [-0.2, -0.15) is 3.89 Å². The molecule has 55 heavy (non-hydrogen) atoms. The fraction of sp³-hybridized carbons (Fsp3) is 0.564. The van der Waals surface area contributed by atoms with Crippen molar-refractivity contribution in [2.45, 2.75) is 82.9 Å². The van der Waals surface area contributed by atoms with Gasteiger partial charge in [-0.25, -0.2) is 19.7 Å². The lowest BCUT2D eigenvalue weighted by molar-refractivity contribution is -0.122. The Labute approximate surface area is 365 Å². The largest absolute Gasteiger partial charge is 0.490 e. The van der Waals surface area contributed by atoms with Gasteiger partial charge < -0.3 is 19.8 Å². The molecule has 16 heteroatoms. The first kappa shape index (κ1) is 47.9. The third-order valence-electron chi connectivity index (χ3n) is 11.1. The minimum Gasteiger partial charge on any atom is -0.490 e. The Morgan fingerprint density at radius 3 is 2.42 bits per heavy atom. The number of sulfonamides is 1. The van der Waals surface area contributed by atoms with Gasteiger partial charge in [-0.15, -0.1) is 0 Å². The van der Waals surface area contributed by atoms with Crippen molar-refractivity contribution in [3.05, 3.63) is 81.7 Å². The first-order valence-corrected chi connectivity index (χ1v) is 26.5. The molecule has 2 fully saturated rings. The van der Waals surface area contributed by atoms with Gasteiger partial charge in [-0.1, -0.05) is 60.7 Å². The number of aryl methyl sites for hydroxylation is 1. The zero-order valence-electron chi connectivity index (χ0n) is 30.9. The zero-order valence-corrected chi connectivity index (χ0v) is 38.4. The number of allylic oxidation sites excluding steroid dienone is 2. The van der Waals surface area contributed by atoms with E-state index in [1.54, 1.807) is 37.3 Å². The predicted molar refractivity (Wildman–Crippen MR) is 245 cm³/mol. The van der Waals surface area contributed by atoms with Gasteiger partial charge in [0.15, 0.2) is 5.78 Å². The first-order valence-electron chi connectivity index (χ1n) is 17.8. The van der Waals surface area contributed by atoms with Crippen LogP contribution in [0.15, 0.2) is 48.6 Å². The van der Waals surface area contributed by atoms with Crippen LogP contribution in [0.3, 0.4) is 0 Å². The number of ether oxygens (including phenoxy) is 1. The summed E-state index contributed by atoms with van der Waals surface area (Å²) in [5.74, 6) is -0.0319. The van der Waals surface area contributed by atoms with Crippen LogP contribution in [0.25, 0.3) is 4.85 Å². The summed E-state index contributed by atoms with van der Waals surface area (Å²) >= 11 is 14.0. The van der Waals surface area contributed by atoms with E-state index in [4.69, 9.17) is 22.9 Å². The summed E-state index contributed by atoms with van der Waals surface area (Å²) in [6.45, 7) is 15.6. The van der Waals surface area contributed by atoms with Crippen LogP contribution in [-0.4, -0.2) is 68.6 Å². The molecule has 1 unspecified atom stereocenters. The summed E-state index contributed by atoms with van der Waals surface area (Å²) in [5.41, 5.74) is 3.17. The normalized spacial score (nSPS) is 28.3. The first-order chi connectivity index (χ1) is 25.6. The average Bonchev–Trinajstić information content (AvgIpc) is 3.25. The maximum atomic E-state index is 13.3. The van der Waals surface area contributed by atoms with Gasteiger partial charge >= 0.3 is 0 Å². The Bertz CT molecular complexity index is 1890. The summed E-state index contributed by atoms with van der Waals surface area (Å²) in [6.07, 6.45) is 8.60. The van der Waals surface area contributed by atoms with Crippen LogP contribution in [0.2, 0.25) is 5.02 Å². The molecule has 6 atom stereocenters. The Morgan fingerprint density at radius 2 is 1.84 bits per heavy atom. The minimum absolute atomic E-state index is 0. The van der Waals surface area contributed by atoms with Crippen LogP contribution < -0.4 is 19.7 Å². The van der Waals surface area contributed by atoms with E-state index in [9.17, 15) is 21.9 Å². The molecule has 5 aliphatic rings. The molecule has 1 saturated carbocycles. The summed E-state index contributed by atoms with van der Waals surface area (Å²) in [5, 5.41) is 2.95. The molecular weight excluding hydrogens is 1010 g/mol. The van der Waals surface area contributed by atoms with Crippen LogP contribution in [0.4, 0.5) is 9.57 Å². The maximum absolute atomic E-state index is 13.3. The molecule has 7 rings (SSSR count). The molecule has 9 nitrogen and oxygen atoms in total. The number of amides is 1. The van der Waals surface area contributed by atoms with E-state index in [0.29, 0.717) is 31.9 Å². The van der Waals surface area contributed by atoms with Gasteiger partial charge in [0, 0.05) is 63.1 Å². The molecule has 304 valence electrons. The van der Waals surface area contributed by atoms with Gasteiger partial charge in [-0.3, -0.25) is 9.59 Å². The van der Waals surface area contributed by atoms with Crippen molar-refractivity contribution in [3.63, 3.8) is 0 Å². The summed E-state index contributed by atoms with van der Waals surface area (Å²) < 4.78 is 45.8. The number of carbonyl (C=O) groups is 2. The average molecular weight is 1060 g/mol. The monoisotopic (exact) mass is 1060 g/mol. The van der Waals surface area contributed by atoms with Crippen molar-refractivity contribution in [1.29, 1.82) is 0 Å². The number of hydrogen-bond donors (Lipinski definition) is 2. The van der Waals surface area contributed by atoms with Crippen LogP contribution >= 0.6 is 55.4 Å². The zero-order chi connectivity index (χ0) is 39.8. The quantitative estimate of drug-likeness (QED) is 0.117. The molecular formula is C39H52ClFI2N4O5S3. The van der Waals surface area contributed by atoms with Gasteiger partial charge in [0.2, 0.25) is 10.0 Å². The highest BCUT2D eigenvalue weighted by Gasteiger charge is 2.44. The Morgan fingerprint density at radius 1 is 1.15 bits per heavy atom. The smallest absolute Gasteiger partial charge is 0.264 e. The number of hydrogen-bond acceptors (Lipinski definition) is 8. The number of alkyl halides is 1. The van der Waals surface area contributed by atoms with E-state index in [1.165, 1.54) is 32.3 Å². The van der Waals surface area contributed by atoms with Crippen molar-refractivity contribution in [2.75, 3.05) is 42.6 Å². The molecule has 3 heterocycles. The molecule has 1 spiro atoms. The van der Waals surface area contributed by atoms with Gasteiger partial charge in [0.1, 0.15) is 12.8 Å². The second-order valence-electron chi connectivity index (χ2n) is 14.8. The van der Waals surface area contributed by atoms with Gasteiger partial charge in [0.05, 0.1) is 30.6 Å². The van der Waals surface area contributed by atoms with Crippen LogP contribution in [0, 0.1) is 24.3 Å². The van der Waals surface area contributed by atoms with E-state index in [2.05, 4.69) is 65.7 Å². The second kappa shape index (κ2) is 21.0. The number of nitrogens with zero attached hydrogens (tertiary/aromatic N) is 2. The summed E-state index contributed by atoms with van der Waals surface area (Å²) in [7, 11) is -5.24. The fourth-order valence-electron chi connectivity index (χ4n) is 7.57. The highest BCUT2D eigenvalue weighted by Crippen LogP contribution is 2.46. The lowest BCUT2D eigenvalue weighted by Gasteiger charge is -2.44. The number of halogens is 4. The van der Waals surface area contributed by atoms with Crippen molar-refractivity contribution in [1.82, 2.24) is 10.0 Å². The van der Waals surface area contributed by atoms with Crippen molar-refractivity contribution in [2.24, 2.45) is 17.8 Å². The number of carbonyl (C=O) groups excluding carboxylic acids is 2. The van der Waals surface area contributed by atoms with E-state index in [0.717, 1.165) is 55.9 Å². The van der Waals surface area contributed by atoms with Crippen LogP contribution in [0.5, 0.6) is 5.75 Å². The number of fused-ring (bicyclic) bond motifs is 4. The minimum atomic E-state index is -3.93. The van der Waals surface area contributed by atoms with E-state index < -0.39 is 28.2 Å². The van der Waals surface area contributed by atoms with Crippen molar-refractivity contribution < 1.29 is 26.6 Å². The summed E-state index contributed by atoms with van der Waals surface area (Å²) in [4.78, 5) is 34.2. The number of rotatable bonds is 0. The molecule has 1 amide bonds. The van der Waals surface area contributed by atoms with Crippen molar-refractivity contribution >= 4 is 101 Å². The van der Waals surface area contributed by atoms with Gasteiger partial charge in [0.25, 0.3) is 11.4 Å². The topological polar surface area (TPSA) is 109 Å². The molecule has 0 radical (unpaired) electrons. The van der Waals surface area contributed by atoms with Crippen LogP contribution in [-0.2, 0) is 44.9 Å². The second-order valence-corrected chi connectivity index (χ2v) is 22.7. The molecule has 2 aliphatic carbocycles. The number of nitrogens with one attached hydrogen (secondary N) is 2.